The van der Waals surface area contributed by atoms with Gasteiger partial charge in [0.1, 0.15) is 24.2 Å². The molecule has 2 atom stereocenters. The second-order valence-electron chi connectivity index (χ2n) is 6.06. The quantitative estimate of drug-likeness (QED) is 0.754. The predicted molar refractivity (Wildman–Crippen MR) is 100.0 cm³/mol. The maximum atomic E-state index is 14.2. The highest BCUT2D eigenvalue weighted by molar-refractivity contribution is 9.10. The van der Waals surface area contributed by atoms with Gasteiger partial charge in [-0.1, -0.05) is 34.1 Å². The molecule has 8 heteroatoms. The molecule has 0 radical (unpaired) electrons. The molecular formula is C19H18BrFN2O4. The SMILES string of the molecule is COc1ccc(COC(=O)N[C@@H]2C(=O)NC[C@H]2c2ccc(Br)cc2F)cc1. The van der Waals surface area contributed by atoms with Crippen LogP contribution in [-0.2, 0) is 16.1 Å². The molecule has 142 valence electrons. The van der Waals surface area contributed by atoms with Crippen molar-refractivity contribution in [3.63, 3.8) is 0 Å². The molecule has 6 nitrogen and oxygen atoms in total. The van der Waals surface area contributed by atoms with E-state index < -0.39 is 23.9 Å². The van der Waals surface area contributed by atoms with Gasteiger partial charge in [-0.25, -0.2) is 9.18 Å². The van der Waals surface area contributed by atoms with Crippen LogP contribution in [0.1, 0.15) is 17.0 Å². The number of halogens is 2. The highest BCUT2D eigenvalue weighted by atomic mass is 79.9. The highest BCUT2D eigenvalue weighted by Crippen LogP contribution is 2.28. The van der Waals surface area contributed by atoms with Gasteiger partial charge in [0.2, 0.25) is 5.91 Å². The Bertz CT molecular complexity index is 844. The Labute approximate surface area is 164 Å². The third kappa shape index (κ3) is 4.57. The van der Waals surface area contributed by atoms with Crippen LogP contribution >= 0.6 is 15.9 Å². The number of nitrogens with one attached hydrogen (secondary N) is 2. The molecule has 1 saturated heterocycles. The van der Waals surface area contributed by atoms with Crippen molar-refractivity contribution in [3.05, 3.63) is 63.9 Å². The minimum absolute atomic E-state index is 0.0431. The van der Waals surface area contributed by atoms with Gasteiger partial charge in [-0.15, -0.1) is 0 Å². The Morgan fingerprint density at radius 1 is 1.30 bits per heavy atom. The summed E-state index contributed by atoms with van der Waals surface area (Å²) in [6.45, 7) is 0.280. The summed E-state index contributed by atoms with van der Waals surface area (Å²) in [7, 11) is 1.57. The fourth-order valence-electron chi connectivity index (χ4n) is 2.92. The second-order valence-corrected chi connectivity index (χ2v) is 6.98. The van der Waals surface area contributed by atoms with E-state index in [1.807, 2.05) is 0 Å². The molecule has 1 aliphatic rings. The number of hydrogen-bond donors (Lipinski definition) is 2. The zero-order valence-corrected chi connectivity index (χ0v) is 16.1. The molecule has 1 aliphatic heterocycles. The van der Waals surface area contributed by atoms with Crippen LogP contribution in [0.2, 0.25) is 0 Å². The molecule has 27 heavy (non-hydrogen) atoms. The summed E-state index contributed by atoms with van der Waals surface area (Å²) in [5.74, 6) is -0.627. The molecule has 2 amide bonds. The molecule has 0 saturated carbocycles. The van der Waals surface area contributed by atoms with E-state index in [1.54, 1.807) is 43.5 Å². The molecule has 1 heterocycles. The Balaban J connectivity index is 1.63. The highest BCUT2D eigenvalue weighted by Gasteiger charge is 2.38. The van der Waals surface area contributed by atoms with Crippen LogP contribution in [0.15, 0.2) is 46.9 Å². The zero-order valence-electron chi connectivity index (χ0n) is 14.5. The predicted octanol–water partition coefficient (Wildman–Crippen LogP) is 3.11. The van der Waals surface area contributed by atoms with Crippen molar-refractivity contribution in [2.24, 2.45) is 0 Å². The number of amides is 2. The Morgan fingerprint density at radius 3 is 2.70 bits per heavy atom. The minimum Gasteiger partial charge on any atom is -0.497 e. The molecule has 1 fully saturated rings. The van der Waals surface area contributed by atoms with Crippen LogP contribution in [0.4, 0.5) is 9.18 Å². The van der Waals surface area contributed by atoms with Gasteiger partial charge in [-0.2, -0.15) is 0 Å². The van der Waals surface area contributed by atoms with Gasteiger partial charge in [-0.05, 0) is 35.4 Å². The van der Waals surface area contributed by atoms with Crippen LogP contribution in [0.25, 0.3) is 0 Å². The summed E-state index contributed by atoms with van der Waals surface area (Å²) < 4.78 is 25.1. The minimum atomic E-state index is -0.899. The molecule has 0 unspecified atom stereocenters. The molecule has 0 spiro atoms. The maximum Gasteiger partial charge on any atom is 0.408 e. The van der Waals surface area contributed by atoms with E-state index in [4.69, 9.17) is 9.47 Å². The molecule has 0 bridgehead atoms. The maximum absolute atomic E-state index is 14.2. The third-order valence-corrected chi connectivity index (χ3v) is 4.84. The second kappa shape index (κ2) is 8.39. The lowest BCUT2D eigenvalue weighted by Crippen LogP contribution is -2.43. The first-order valence-electron chi connectivity index (χ1n) is 8.27. The van der Waals surface area contributed by atoms with E-state index in [-0.39, 0.29) is 19.1 Å². The van der Waals surface area contributed by atoms with E-state index in [1.165, 1.54) is 6.07 Å². The summed E-state index contributed by atoms with van der Waals surface area (Å²) in [4.78, 5) is 24.2. The number of methoxy groups -OCH3 is 1. The average molecular weight is 437 g/mol. The van der Waals surface area contributed by atoms with Gasteiger partial charge in [0.05, 0.1) is 7.11 Å². The Morgan fingerprint density at radius 2 is 2.04 bits per heavy atom. The standard InChI is InChI=1S/C19H18BrFN2O4/c1-26-13-5-2-11(3-6-13)10-27-19(25)23-17-15(9-22-18(17)24)14-7-4-12(20)8-16(14)21/h2-8,15,17H,9-10H2,1H3,(H,22,24)(H,23,25)/t15-,17-/m0/s1. The normalized spacial score (nSPS) is 18.7. The number of rotatable bonds is 5. The first-order chi connectivity index (χ1) is 13.0. The van der Waals surface area contributed by atoms with Crippen molar-refractivity contribution in [2.75, 3.05) is 13.7 Å². The van der Waals surface area contributed by atoms with Crippen molar-refractivity contribution in [3.8, 4) is 5.75 Å². The van der Waals surface area contributed by atoms with Crippen LogP contribution < -0.4 is 15.4 Å². The van der Waals surface area contributed by atoms with Crippen LogP contribution in [0.3, 0.4) is 0 Å². The topological polar surface area (TPSA) is 76.7 Å². The number of benzene rings is 2. The smallest absolute Gasteiger partial charge is 0.408 e. The lowest BCUT2D eigenvalue weighted by atomic mass is 9.93. The van der Waals surface area contributed by atoms with E-state index >= 15 is 0 Å². The van der Waals surface area contributed by atoms with Crippen molar-refractivity contribution in [2.45, 2.75) is 18.6 Å². The molecule has 2 aromatic carbocycles. The molecule has 3 rings (SSSR count). The fourth-order valence-corrected chi connectivity index (χ4v) is 3.25. The summed E-state index contributed by atoms with van der Waals surface area (Å²) in [6, 6.07) is 10.8. The van der Waals surface area contributed by atoms with E-state index in [0.717, 1.165) is 5.56 Å². The first kappa shape index (κ1) is 19.2. The van der Waals surface area contributed by atoms with Gasteiger partial charge in [0, 0.05) is 16.9 Å². The van der Waals surface area contributed by atoms with Gasteiger partial charge >= 0.3 is 6.09 Å². The van der Waals surface area contributed by atoms with Gasteiger partial charge < -0.3 is 20.1 Å². The van der Waals surface area contributed by atoms with Gasteiger partial charge in [0.15, 0.2) is 0 Å². The van der Waals surface area contributed by atoms with E-state index in [9.17, 15) is 14.0 Å². The molecule has 0 aliphatic carbocycles. The van der Waals surface area contributed by atoms with Crippen LogP contribution in [0.5, 0.6) is 5.75 Å². The lowest BCUT2D eigenvalue weighted by molar-refractivity contribution is -0.120. The van der Waals surface area contributed by atoms with Crippen molar-refractivity contribution >= 4 is 27.9 Å². The summed E-state index contributed by atoms with van der Waals surface area (Å²) in [6.07, 6.45) is -0.740. The molecule has 0 aromatic heterocycles. The first-order valence-corrected chi connectivity index (χ1v) is 9.06. The number of carbonyl (C=O) groups is 2. The Hall–Kier alpha value is -2.61. The largest absolute Gasteiger partial charge is 0.497 e. The third-order valence-electron chi connectivity index (χ3n) is 4.35. The van der Waals surface area contributed by atoms with Gasteiger partial charge in [-0.3, -0.25) is 4.79 Å². The van der Waals surface area contributed by atoms with Crippen LogP contribution in [0, 0.1) is 5.82 Å². The van der Waals surface area contributed by atoms with Crippen molar-refractivity contribution in [1.29, 1.82) is 0 Å². The number of carbonyl (C=O) groups excluding carboxylic acids is 2. The number of alkyl carbamates (subject to hydrolysis) is 1. The number of ether oxygens (including phenoxy) is 2. The average Bonchev–Trinajstić information content (AvgIpc) is 3.01. The summed E-state index contributed by atoms with van der Waals surface area (Å²) >= 11 is 3.20. The molecule has 2 aromatic rings. The molecular weight excluding hydrogens is 419 g/mol. The monoisotopic (exact) mass is 436 g/mol. The van der Waals surface area contributed by atoms with Crippen molar-refractivity contribution < 1.29 is 23.5 Å². The lowest BCUT2D eigenvalue weighted by Gasteiger charge is -2.19. The van der Waals surface area contributed by atoms with E-state index in [0.29, 0.717) is 15.8 Å². The Kier molecular flexibility index (Phi) is 5.95. The fraction of sp³-hybridized carbons (Fsp3) is 0.263. The summed E-state index contributed by atoms with van der Waals surface area (Å²) in [5.41, 5.74) is 1.13. The van der Waals surface area contributed by atoms with Crippen molar-refractivity contribution in [1.82, 2.24) is 10.6 Å². The summed E-state index contributed by atoms with van der Waals surface area (Å²) in [5, 5.41) is 5.19. The number of hydrogen-bond acceptors (Lipinski definition) is 4. The van der Waals surface area contributed by atoms with Crippen LogP contribution in [-0.4, -0.2) is 31.7 Å². The van der Waals surface area contributed by atoms with Gasteiger partial charge in [0.25, 0.3) is 0 Å². The molecule has 2 N–H and O–H groups in total. The zero-order chi connectivity index (χ0) is 19.4. The van der Waals surface area contributed by atoms with E-state index in [2.05, 4.69) is 26.6 Å².